The predicted octanol–water partition coefficient (Wildman–Crippen LogP) is 1.05. The molecule has 0 saturated heterocycles. The van der Waals surface area contributed by atoms with E-state index in [1.54, 1.807) is 6.07 Å². The lowest BCUT2D eigenvalue weighted by Crippen LogP contribution is -2.20. The van der Waals surface area contributed by atoms with Crippen molar-refractivity contribution in [1.29, 1.82) is 0 Å². The third-order valence-electron chi connectivity index (χ3n) is 2.08. The maximum absolute atomic E-state index is 10.8. The molecule has 5 N–H and O–H groups in total. The van der Waals surface area contributed by atoms with E-state index in [4.69, 9.17) is 11.5 Å². The smallest absolute Gasteiger partial charge is 0.316 e. The van der Waals surface area contributed by atoms with Crippen LogP contribution in [0.3, 0.4) is 0 Å². The van der Waals surface area contributed by atoms with Gasteiger partial charge in [-0.1, -0.05) is 18.8 Å². The van der Waals surface area contributed by atoms with E-state index in [0.717, 1.165) is 23.2 Å². The van der Waals surface area contributed by atoms with E-state index in [0.29, 0.717) is 6.54 Å². The van der Waals surface area contributed by atoms with Gasteiger partial charge >= 0.3 is 6.03 Å². The van der Waals surface area contributed by atoms with Gasteiger partial charge in [-0.25, -0.2) is 4.79 Å². The molecule has 0 fully saturated rings. The molecule has 1 rings (SSSR count). The van der Waals surface area contributed by atoms with Crippen molar-refractivity contribution in [3.8, 4) is 11.8 Å². The molecule has 0 spiro atoms. The monoisotopic (exact) mass is 217 g/mol. The number of urea groups is 1. The normalized spacial score (nSPS) is 9.12. The van der Waals surface area contributed by atoms with Crippen LogP contribution in [-0.2, 0) is 6.42 Å². The zero-order chi connectivity index (χ0) is 12.0. The maximum Gasteiger partial charge on any atom is 0.316 e. The third-order valence-corrected chi connectivity index (χ3v) is 2.08. The Hall–Kier alpha value is -1.99. The van der Waals surface area contributed by atoms with E-state index in [9.17, 15) is 4.79 Å². The van der Waals surface area contributed by atoms with Crippen LogP contribution in [0.4, 0.5) is 10.5 Å². The summed E-state index contributed by atoms with van der Waals surface area (Å²) in [4.78, 5) is 10.8. The van der Waals surface area contributed by atoms with Gasteiger partial charge in [-0.05, 0) is 30.2 Å². The number of aryl methyl sites for hydroxylation is 1. The Morgan fingerprint density at radius 3 is 2.81 bits per heavy atom. The summed E-state index contributed by atoms with van der Waals surface area (Å²) < 4.78 is 0. The summed E-state index contributed by atoms with van der Waals surface area (Å²) in [6.45, 7) is 2.34. The van der Waals surface area contributed by atoms with Crippen LogP contribution in [0.1, 0.15) is 18.1 Å². The minimum atomic E-state index is -0.560. The molecule has 0 aromatic heterocycles. The van der Waals surface area contributed by atoms with E-state index >= 15 is 0 Å². The summed E-state index contributed by atoms with van der Waals surface area (Å²) in [5.74, 6) is 5.72. The molecule has 4 nitrogen and oxygen atoms in total. The SMILES string of the molecule is CCc1cc(C#CCN)ccc1NC(N)=O. The zero-order valence-electron chi connectivity index (χ0n) is 9.21. The number of hydrogen-bond donors (Lipinski definition) is 3. The lowest BCUT2D eigenvalue weighted by Gasteiger charge is -2.08. The maximum atomic E-state index is 10.8. The number of carbonyl (C=O) groups is 1. The second kappa shape index (κ2) is 5.79. The number of rotatable bonds is 2. The highest BCUT2D eigenvalue weighted by Gasteiger charge is 2.03. The first-order valence-corrected chi connectivity index (χ1v) is 5.05. The third kappa shape index (κ3) is 3.30. The van der Waals surface area contributed by atoms with Crippen molar-refractivity contribution in [2.24, 2.45) is 11.5 Å². The second-order valence-corrected chi connectivity index (χ2v) is 3.22. The second-order valence-electron chi connectivity index (χ2n) is 3.22. The number of anilines is 1. The van der Waals surface area contributed by atoms with Gasteiger partial charge in [-0.3, -0.25) is 0 Å². The molecule has 0 aliphatic carbocycles. The van der Waals surface area contributed by atoms with Crippen LogP contribution < -0.4 is 16.8 Å². The molecule has 1 aromatic rings. The molecule has 0 heterocycles. The van der Waals surface area contributed by atoms with Gasteiger partial charge in [0.2, 0.25) is 0 Å². The molecular formula is C12H15N3O. The number of carbonyl (C=O) groups excluding carboxylic acids is 1. The van der Waals surface area contributed by atoms with Crippen LogP contribution in [0.15, 0.2) is 18.2 Å². The molecule has 0 aliphatic heterocycles. The van der Waals surface area contributed by atoms with Gasteiger partial charge in [0.25, 0.3) is 0 Å². The molecule has 4 heteroatoms. The molecule has 0 unspecified atom stereocenters. The summed E-state index contributed by atoms with van der Waals surface area (Å²) in [5.41, 5.74) is 13.0. The van der Waals surface area contributed by atoms with Crippen LogP contribution in [0, 0.1) is 11.8 Å². The highest BCUT2D eigenvalue weighted by Crippen LogP contribution is 2.17. The molecule has 0 radical (unpaired) electrons. The van der Waals surface area contributed by atoms with Gasteiger partial charge < -0.3 is 16.8 Å². The minimum Gasteiger partial charge on any atom is -0.351 e. The van der Waals surface area contributed by atoms with Crippen molar-refractivity contribution in [3.63, 3.8) is 0 Å². The van der Waals surface area contributed by atoms with Crippen molar-refractivity contribution < 1.29 is 4.79 Å². The average Bonchev–Trinajstić information content (AvgIpc) is 2.27. The summed E-state index contributed by atoms with van der Waals surface area (Å²) in [6, 6.07) is 4.99. The molecule has 0 aliphatic rings. The molecule has 84 valence electrons. The average molecular weight is 217 g/mol. The minimum absolute atomic E-state index is 0.336. The van der Waals surface area contributed by atoms with E-state index in [1.807, 2.05) is 19.1 Å². The fourth-order valence-corrected chi connectivity index (χ4v) is 1.37. The van der Waals surface area contributed by atoms with Gasteiger partial charge in [0.1, 0.15) is 0 Å². The number of primary amides is 1. The summed E-state index contributed by atoms with van der Waals surface area (Å²) in [7, 11) is 0. The first-order chi connectivity index (χ1) is 7.67. The Morgan fingerprint density at radius 1 is 1.50 bits per heavy atom. The molecular weight excluding hydrogens is 202 g/mol. The number of amides is 2. The molecule has 0 saturated carbocycles. The van der Waals surface area contributed by atoms with Crippen molar-refractivity contribution in [2.75, 3.05) is 11.9 Å². The first kappa shape index (κ1) is 12.1. The summed E-state index contributed by atoms with van der Waals surface area (Å²) in [6.07, 6.45) is 0.799. The van der Waals surface area contributed by atoms with Gasteiger partial charge in [0.05, 0.1) is 6.54 Å². The lowest BCUT2D eigenvalue weighted by molar-refractivity contribution is 0.259. The Morgan fingerprint density at radius 2 is 2.25 bits per heavy atom. The fraction of sp³-hybridized carbons (Fsp3) is 0.250. The quantitative estimate of drug-likeness (QED) is 0.647. The van der Waals surface area contributed by atoms with Crippen LogP contribution in [0.5, 0.6) is 0 Å². The number of benzene rings is 1. The fourth-order valence-electron chi connectivity index (χ4n) is 1.37. The van der Waals surface area contributed by atoms with Gasteiger partial charge in [-0.15, -0.1) is 0 Å². The van der Waals surface area contributed by atoms with Crippen molar-refractivity contribution >= 4 is 11.7 Å². The molecule has 2 amide bonds. The largest absolute Gasteiger partial charge is 0.351 e. The molecule has 16 heavy (non-hydrogen) atoms. The highest BCUT2D eigenvalue weighted by atomic mass is 16.2. The Bertz CT molecular complexity index is 443. The molecule has 0 bridgehead atoms. The van der Waals surface area contributed by atoms with Crippen molar-refractivity contribution in [2.45, 2.75) is 13.3 Å². The van der Waals surface area contributed by atoms with E-state index < -0.39 is 6.03 Å². The number of nitrogens with two attached hydrogens (primary N) is 2. The van der Waals surface area contributed by atoms with Gasteiger partial charge in [0, 0.05) is 11.3 Å². The van der Waals surface area contributed by atoms with E-state index in [-0.39, 0.29) is 0 Å². The van der Waals surface area contributed by atoms with Crippen molar-refractivity contribution in [3.05, 3.63) is 29.3 Å². The van der Waals surface area contributed by atoms with Crippen LogP contribution >= 0.6 is 0 Å². The van der Waals surface area contributed by atoms with E-state index in [1.165, 1.54) is 0 Å². The van der Waals surface area contributed by atoms with Crippen molar-refractivity contribution in [1.82, 2.24) is 0 Å². The highest BCUT2D eigenvalue weighted by molar-refractivity contribution is 5.88. The zero-order valence-corrected chi connectivity index (χ0v) is 9.21. The molecule has 1 aromatic carbocycles. The standard InChI is InChI=1S/C12H15N3O/c1-2-10-8-9(4-3-7-13)5-6-11(10)15-12(14)16/h5-6,8H,2,7,13H2,1H3,(H3,14,15,16). The predicted molar refractivity (Wildman–Crippen MR) is 65.0 cm³/mol. The Balaban J connectivity index is 3.01. The first-order valence-electron chi connectivity index (χ1n) is 5.05. The van der Waals surface area contributed by atoms with Crippen LogP contribution in [0.2, 0.25) is 0 Å². The van der Waals surface area contributed by atoms with Gasteiger partial charge in [0.15, 0.2) is 0 Å². The van der Waals surface area contributed by atoms with E-state index in [2.05, 4.69) is 17.2 Å². The lowest BCUT2D eigenvalue weighted by atomic mass is 10.1. The van der Waals surface area contributed by atoms with Crippen LogP contribution in [-0.4, -0.2) is 12.6 Å². The van der Waals surface area contributed by atoms with Crippen LogP contribution in [0.25, 0.3) is 0 Å². The van der Waals surface area contributed by atoms with Gasteiger partial charge in [-0.2, -0.15) is 0 Å². The summed E-state index contributed by atoms with van der Waals surface area (Å²) in [5, 5.41) is 2.57. The Kier molecular flexibility index (Phi) is 4.37. The summed E-state index contributed by atoms with van der Waals surface area (Å²) >= 11 is 0. The number of hydrogen-bond acceptors (Lipinski definition) is 2. The number of nitrogens with one attached hydrogen (secondary N) is 1. The molecule has 0 atom stereocenters. The Labute approximate surface area is 95.0 Å². The topological polar surface area (TPSA) is 81.1 Å².